The Hall–Kier alpha value is -3.67. The van der Waals surface area contributed by atoms with Crippen molar-refractivity contribution in [3.63, 3.8) is 0 Å². The van der Waals surface area contributed by atoms with E-state index >= 15 is 0 Å². The van der Waals surface area contributed by atoms with E-state index in [0.717, 1.165) is 77.0 Å². The summed E-state index contributed by atoms with van der Waals surface area (Å²) < 4.78 is 16.7. The molecule has 1 atom stereocenters. The lowest BCUT2D eigenvalue weighted by atomic mass is 10.0. The van der Waals surface area contributed by atoms with Gasteiger partial charge in [0.15, 0.2) is 6.10 Å². The van der Waals surface area contributed by atoms with E-state index in [4.69, 9.17) is 14.2 Å². The first-order valence-corrected chi connectivity index (χ1v) is 26.2. The second-order valence-electron chi connectivity index (χ2n) is 17.0. The van der Waals surface area contributed by atoms with Gasteiger partial charge in [0.25, 0.3) is 0 Å². The molecule has 0 aliphatic rings. The van der Waals surface area contributed by atoms with Crippen LogP contribution in [0.15, 0.2) is 97.2 Å². The van der Waals surface area contributed by atoms with Crippen molar-refractivity contribution >= 4 is 17.9 Å². The van der Waals surface area contributed by atoms with Gasteiger partial charge in [-0.2, -0.15) is 0 Å². The third-order valence-electron chi connectivity index (χ3n) is 10.8. The van der Waals surface area contributed by atoms with Gasteiger partial charge in [-0.15, -0.1) is 0 Å². The van der Waals surface area contributed by atoms with Gasteiger partial charge in [0.2, 0.25) is 0 Å². The number of hydrogen-bond donors (Lipinski definition) is 0. The molecule has 364 valence electrons. The molecule has 0 N–H and O–H groups in total. The number of esters is 3. The third kappa shape index (κ3) is 49.3. The lowest BCUT2D eigenvalue weighted by Crippen LogP contribution is -2.30. The largest absolute Gasteiger partial charge is 0.462 e. The zero-order chi connectivity index (χ0) is 46.5. The molecule has 0 aliphatic heterocycles. The molecule has 0 spiro atoms. The van der Waals surface area contributed by atoms with Gasteiger partial charge in [0, 0.05) is 19.3 Å². The van der Waals surface area contributed by atoms with Crippen molar-refractivity contribution in [3.8, 4) is 0 Å². The van der Waals surface area contributed by atoms with Crippen LogP contribution in [0.1, 0.15) is 233 Å². The van der Waals surface area contributed by atoms with E-state index in [1.165, 1.54) is 103 Å². The molecule has 0 aromatic rings. The van der Waals surface area contributed by atoms with Crippen LogP contribution in [0.4, 0.5) is 0 Å². The van der Waals surface area contributed by atoms with E-state index in [1.54, 1.807) is 0 Å². The topological polar surface area (TPSA) is 78.9 Å². The summed E-state index contributed by atoms with van der Waals surface area (Å²) in [5.41, 5.74) is 0. The zero-order valence-electron chi connectivity index (χ0n) is 41.5. The fraction of sp³-hybridized carbons (Fsp3) is 0.672. The van der Waals surface area contributed by atoms with Gasteiger partial charge >= 0.3 is 17.9 Å². The predicted octanol–water partition coefficient (Wildman–Crippen LogP) is 17.4. The Morgan fingerprint density at radius 2 is 0.641 bits per heavy atom. The molecule has 6 nitrogen and oxygen atoms in total. The molecule has 0 amide bonds. The van der Waals surface area contributed by atoms with Gasteiger partial charge in [-0.1, -0.05) is 234 Å². The molecule has 0 aliphatic carbocycles. The molecule has 6 heteroatoms. The van der Waals surface area contributed by atoms with Crippen molar-refractivity contribution < 1.29 is 28.6 Å². The van der Waals surface area contributed by atoms with Gasteiger partial charge < -0.3 is 14.2 Å². The van der Waals surface area contributed by atoms with Crippen LogP contribution in [0.3, 0.4) is 0 Å². The van der Waals surface area contributed by atoms with Crippen molar-refractivity contribution in [1.82, 2.24) is 0 Å². The number of carbonyl (C=O) groups excluding carboxylic acids is 3. The van der Waals surface area contributed by atoms with Crippen molar-refractivity contribution in [2.75, 3.05) is 13.2 Å². The first kappa shape index (κ1) is 60.3. The lowest BCUT2D eigenvalue weighted by Gasteiger charge is -2.18. The maximum absolute atomic E-state index is 12.8. The molecular weight excluding hydrogens is 793 g/mol. The highest BCUT2D eigenvalue weighted by Crippen LogP contribution is 2.15. The predicted molar refractivity (Wildman–Crippen MR) is 274 cm³/mol. The summed E-state index contributed by atoms with van der Waals surface area (Å²) in [4.78, 5) is 37.9. The zero-order valence-corrected chi connectivity index (χ0v) is 41.5. The molecule has 0 fully saturated rings. The van der Waals surface area contributed by atoms with Crippen molar-refractivity contribution in [2.24, 2.45) is 0 Å². The van der Waals surface area contributed by atoms with Gasteiger partial charge in [0.05, 0.1) is 0 Å². The summed E-state index contributed by atoms with van der Waals surface area (Å²) in [6, 6.07) is 0. The number of allylic oxidation sites excluding steroid dienone is 16. The Morgan fingerprint density at radius 1 is 0.328 bits per heavy atom. The second kappa shape index (κ2) is 52.0. The van der Waals surface area contributed by atoms with Crippen molar-refractivity contribution in [2.45, 2.75) is 239 Å². The standard InChI is InChI=1S/C58H96O6/c1-4-7-10-13-16-19-22-24-26-28-29-30-32-33-36-39-42-45-48-51-57(60)63-54-55(53-62-56(59)50-47-44-41-38-35-21-18-15-12-9-6-3)64-58(61)52-49-46-43-40-37-34-31-27-25-23-20-17-14-11-8-5-2/h8-9,11-12,17-18,20-21,25,27,34,37-38,41,43,46,55H,4-7,10,13-16,19,22-24,26,28-33,35-36,39-40,42,44-45,47-54H2,1-3H3/b11-8-,12-9-,20-17-,21-18-,27-25-,37-34-,41-38-,46-43-. The molecule has 0 rings (SSSR count). The fourth-order valence-electron chi connectivity index (χ4n) is 6.99. The number of hydrogen-bond acceptors (Lipinski definition) is 6. The molecule has 0 aromatic carbocycles. The molecule has 0 saturated carbocycles. The van der Waals surface area contributed by atoms with Gasteiger partial charge in [-0.3, -0.25) is 14.4 Å². The van der Waals surface area contributed by atoms with Crippen LogP contribution in [-0.4, -0.2) is 37.2 Å². The van der Waals surface area contributed by atoms with Crippen LogP contribution in [0.25, 0.3) is 0 Å². The van der Waals surface area contributed by atoms with E-state index in [2.05, 4.69) is 106 Å². The number of unbranched alkanes of at least 4 members (excludes halogenated alkanes) is 19. The SMILES string of the molecule is CC/C=C\C/C=C\C/C=C\C/C=C\C/C=C\CCC(=O)OC(COC(=O)CCC/C=C\C/C=C\C/C=C\CC)COC(=O)CCCCCCCCCCCCCCCCCCCCC. The molecular formula is C58H96O6. The highest BCUT2D eigenvalue weighted by molar-refractivity contribution is 5.71. The molecule has 0 saturated heterocycles. The first-order chi connectivity index (χ1) is 31.5. The summed E-state index contributed by atoms with van der Waals surface area (Å²) in [5.74, 6) is -1.06. The van der Waals surface area contributed by atoms with E-state index in [9.17, 15) is 14.4 Å². The highest BCUT2D eigenvalue weighted by Gasteiger charge is 2.19. The van der Waals surface area contributed by atoms with Crippen LogP contribution in [0, 0.1) is 0 Å². The summed E-state index contributed by atoms with van der Waals surface area (Å²) >= 11 is 0. The summed E-state index contributed by atoms with van der Waals surface area (Å²) in [5, 5.41) is 0. The lowest BCUT2D eigenvalue weighted by molar-refractivity contribution is -0.166. The van der Waals surface area contributed by atoms with Crippen LogP contribution in [0.2, 0.25) is 0 Å². The van der Waals surface area contributed by atoms with Gasteiger partial charge in [-0.25, -0.2) is 0 Å². The van der Waals surface area contributed by atoms with Crippen LogP contribution in [0.5, 0.6) is 0 Å². The molecule has 0 radical (unpaired) electrons. The van der Waals surface area contributed by atoms with Crippen molar-refractivity contribution in [1.29, 1.82) is 0 Å². The van der Waals surface area contributed by atoms with Crippen molar-refractivity contribution in [3.05, 3.63) is 97.2 Å². The average Bonchev–Trinajstić information content (AvgIpc) is 3.29. The Kier molecular flexibility index (Phi) is 49.0. The molecule has 64 heavy (non-hydrogen) atoms. The summed E-state index contributed by atoms with van der Waals surface area (Å²) in [6.07, 6.45) is 68.5. The van der Waals surface area contributed by atoms with Gasteiger partial charge in [-0.05, 0) is 77.0 Å². The molecule has 0 bridgehead atoms. The van der Waals surface area contributed by atoms with Crippen LogP contribution in [-0.2, 0) is 28.6 Å². The second-order valence-corrected chi connectivity index (χ2v) is 17.0. The average molecular weight is 889 g/mol. The number of carbonyl (C=O) groups is 3. The number of ether oxygens (including phenoxy) is 3. The number of rotatable bonds is 46. The Bertz CT molecular complexity index is 1300. The molecule has 1 unspecified atom stereocenters. The normalized spacial score (nSPS) is 12.9. The van der Waals surface area contributed by atoms with Gasteiger partial charge in [0.1, 0.15) is 13.2 Å². The summed E-state index contributed by atoms with van der Waals surface area (Å²) in [6.45, 7) is 6.30. The van der Waals surface area contributed by atoms with Crippen LogP contribution < -0.4 is 0 Å². The minimum absolute atomic E-state index is 0.122. The minimum atomic E-state index is -0.835. The maximum atomic E-state index is 12.8. The molecule has 0 aromatic heterocycles. The fourth-order valence-corrected chi connectivity index (χ4v) is 6.99. The smallest absolute Gasteiger partial charge is 0.306 e. The van der Waals surface area contributed by atoms with E-state index in [-0.39, 0.29) is 38.0 Å². The minimum Gasteiger partial charge on any atom is -0.462 e. The van der Waals surface area contributed by atoms with Crippen LogP contribution >= 0.6 is 0 Å². The monoisotopic (exact) mass is 889 g/mol. The first-order valence-electron chi connectivity index (χ1n) is 26.2. The van der Waals surface area contributed by atoms with E-state index < -0.39 is 12.1 Å². The van der Waals surface area contributed by atoms with E-state index in [0.29, 0.717) is 19.3 Å². The highest BCUT2D eigenvalue weighted by atomic mass is 16.6. The Labute approximate surface area is 394 Å². The maximum Gasteiger partial charge on any atom is 0.306 e. The molecule has 0 heterocycles. The third-order valence-corrected chi connectivity index (χ3v) is 10.8. The Morgan fingerprint density at radius 3 is 1.02 bits per heavy atom. The van der Waals surface area contributed by atoms with E-state index in [1.807, 2.05) is 12.2 Å². The quantitative estimate of drug-likeness (QED) is 0.0262. The summed E-state index contributed by atoms with van der Waals surface area (Å²) in [7, 11) is 0. The Balaban J connectivity index is 4.46.